The van der Waals surface area contributed by atoms with Crippen LogP contribution in [0.15, 0.2) is 36.4 Å². The number of benzene rings is 2. The number of aromatic hydroxyl groups is 1. The Kier molecular flexibility index (Phi) is 2.33. The van der Waals surface area contributed by atoms with Crippen LogP contribution in [0, 0.1) is 0 Å². The van der Waals surface area contributed by atoms with Crippen LogP contribution in [-0.4, -0.2) is 11.0 Å². The Morgan fingerprint density at radius 1 is 1.11 bits per heavy atom. The van der Waals surface area contributed by atoms with Crippen LogP contribution < -0.4 is 5.73 Å². The molecule has 0 radical (unpaired) electrons. The highest BCUT2D eigenvalue weighted by atomic mass is 16.3. The fourth-order valence-corrected chi connectivity index (χ4v) is 2.56. The molecule has 2 aromatic rings. The average molecular weight is 239 g/mol. The van der Waals surface area contributed by atoms with Gasteiger partial charge in [0, 0.05) is 0 Å². The van der Waals surface area contributed by atoms with Crippen LogP contribution in [-0.2, 0) is 17.6 Å². The Morgan fingerprint density at radius 2 is 1.78 bits per heavy atom. The summed E-state index contributed by atoms with van der Waals surface area (Å²) in [5, 5.41) is 9.49. The summed E-state index contributed by atoms with van der Waals surface area (Å²) in [6.07, 6.45) is 1.07. The second kappa shape index (κ2) is 3.88. The summed E-state index contributed by atoms with van der Waals surface area (Å²) in [4.78, 5) is 10.9. The Labute approximate surface area is 105 Å². The van der Waals surface area contributed by atoms with Crippen molar-refractivity contribution in [1.29, 1.82) is 0 Å². The zero-order valence-electron chi connectivity index (χ0n) is 9.81. The maximum atomic E-state index is 10.9. The van der Waals surface area contributed by atoms with Crippen molar-refractivity contribution in [2.24, 2.45) is 5.73 Å². The molecule has 0 unspecified atom stereocenters. The van der Waals surface area contributed by atoms with Crippen molar-refractivity contribution >= 4 is 5.91 Å². The van der Waals surface area contributed by atoms with Crippen LogP contribution in [0.5, 0.6) is 5.75 Å². The Bertz CT molecular complexity index is 647. The number of carbonyl (C=O) groups is 1. The predicted molar refractivity (Wildman–Crippen MR) is 69.2 cm³/mol. The molecule has 3 nitrogen and oxygen atoms in total. The van der Waals surface area contributed by atoms with E-state index in [1.54, 1.807) is 12.1 Å². The van der Waals surface area contributed by atoms with Gasteiger partial charge in [-0.2, -0.15) is 0 Å². The summed E-state index contributed by atoms with van der Waals surface area (Å²) >= 11 is 0. The van der Waals surface area contributed by atoms with Crippen molar-refractivity contribution in [3.8, 4) is 16.9 Å². The molecular weight excluding hydrogens is 226 g/mol. The van der Waals surface area contributed by atoms with E-state index in [4.69, 9.17) is 5.73 Å². The second-order valence-corrected chi connectivity index (χ2v) is 4.65. The lowest BCUT2D eigenvalue weighted by Crippen LogP contribution is -2.13. The number of phenolic OH excluding ortho intramolecular Hbond substituents is 1. The third-order valence-electron chi connectivity index (χ3n) is 3.31. The lowest BCUT2D eigenvalue weighted by Gasteiger charge is -2.03. The minimum atomic E-state index is -0.317. The van der Waals surface area contributed by atoms with E-state index in [0.29, 0.717) is 5.75 Å². The molecular formula is C15H13NO2. The van der Waals surface area contributed by atoms with Crippen LogP contribution in [0.3, 0.4) is 0 Å². The molecule has 0 spiro atoms. The first kappa shape index (κ1) is 10.8. The van der Waals surface area contributed by atoms with Gasteiger partial charge in [0.2, 0.25) is 5.91 Å². The van der Waals surface area contributed by atoms with Crippen molar-refractivity contribution in [3.05, 3.63) is 53.1 Å². The zero-order chi connectivity index (χ0) is 12.7. The fourth-order valence-electron chi connectivity index (χ4n) is 2.56. The van der Waals surface area contributed by atoms with E-state index in [9.17, 15) is 9.90 Å². The third-order valence-corrected chi connectivity index (χ3v) is 3.31. The van der Waals surface area contributed by atoms with Gasteiger partial charge in [-0.3, -0.25) is 4.79 Å². The Balaban J connectivity index is 2.03. The van der Waals surface area contributed by atoms with Crippen LogP contribution >= 0.6 is 0 Å². The van der Waals surface area contributed by atoms with E-state index in [2.05, 4.69) is 0 Å². The molecule has 0 saturated heterocycles. The summed E-state index contributed by atoms with van der Waals surface area (Å²) in [7, 11) is 0. The van der Waals surface area contributed by atoms with Gasteiger partial charge in [0.25, 0.3) is 0 Å². The monoisotopic (exact) mass is 239 g/mol. The highest BCUT2D eigenvalue weighted by molar-refractivity contribution is 5.80. The molecule has 0 bridgehead atoms. The van der Waals surface area contributed by atoms with Gasteiger partial charge in [0.05, 0.1) is 6.42 Å². The van der Waals surface area contributed by atoms with Gasteiger partial charge in [-0.05, 0) is 46.4 Å². The molecule has 18 heavy (non-hydrogen) atoms. The maximum absolute atomic E-state index is 10.9. The topological polar surface area (TPSA) is 63.3 Å². The summed E-state index contributed by atoms with van der Waals surface area (Å²) in [6.45, 7) is 0. The second-order valence-electron chi connectivity index (χ2n) is 4.65. The van der Waals surface area contributed by atoms with Crippen molar-refractivity contribution < 1.29 is 9.90 Å². The molecule has 1 amide bonds. The van der Waals surface area contributed by atoms with E-state index in [1.165, 1.54) is 11.1 Å². The number of phenols is 1. The summed E-state index contributed by atoms with van der Waals surface area (Å²) in [5.74, 6) is -0.0259. The highest BCUT2D eigenvalue weighted by Gasteiger charge is 2.19. The smallest absolute Gasteiger partial charge is 0.221 e. The quantitative estimate of drug-likeness (QED) is 0.718. The van der Waals surface area contributed by atoms with Crippen molar-refractivity contribution in [2.45, 2.75) is 12.8 Å². The number of fused-ring (bicyclic) bond motifs is 3. The van der Waals surface area contributed by atoms with E-state index < -0.39 is 0 Å². The number of rotatable bonds is 2. The number of amides is 1. The molecule has 1 aliphatic carbocycles. The highest BCUT2D eigenvalue weighted by Crippen LogP contribution is 2.38. The van der Waals surface area contributed by atoms with Crippen molar-refractivity contribution in [1.82, 2.24) is 0 Å². The van der Waals surface area contributed by atoms with Gasteiger partial charge in [0.1, 0.15) is 5.75 Å². The normalized spacial score (nSPS) is 12.0. The predicted octanol–water partition coefficient (Wildman–Crippen LogP) is 1.99. The van der Waals surface area contributed by atoms with Crippen LogP contribution in [0.25, 0.3) is 11.1 Å². The molecule has 3 rings (SSSR count). The lowest BCUT2D eigenvalue weighted by atomic mass is 10.0. The van der Waals surface area contributed by atoms with E-state index in [1.807, 2.05) is 24.3 Å². The van der Waals surface area contributed by atoms with Crippen LogP contribution in [0.1, 0.15) is 16.7 Å². The molecule has 2 aromatic carbocycles. The van der Waals surface area contributed by atoms with E-state index in [0.717, 1.165) is 23.1 Å². The number of hydrogen-bond acceptors (Lipinski definition) is 2. The number of carbonyl (C=O) groups excluding carboxylic acids is 1. The average Bonchev–Trinajstić information content (AvgIpc) is 2.64. The standard InChI is InChI=1S/C15H13NO2/c16-15(18)6-9-1-3-13-10(5-9)7-11-8-12(17)2-4-14(11)13/h1-5,8,17H,6-7H2,(H2,16,18). The lowest BCUT2D eigenvalue weighted by molar-refractivity contribution is -0.117. The fraction of sp³-hybridized carbons (Fsp3) is 0.133. The first-order valence-corrected chi connectivity index (χ1v) is 5.86. The number of primary amides is 1. The number of nitrogens with two attached hydrogens (primary N) is 1. The minimum absolute atomic E-state index is 0.273. The first-order valence-electron chi connectivity index (χ1n) is 5.86. The Morgan fingerprint density at radius 3 is 2.50 bits per heavy atom. The molecule has 0 atom stereocenters. The van der Waals surface area contributed by atoms with Gasteiger partial charge in [0.15, 0.2) is 0 Å². The molecule has 0 fully saturated rings. The van der Waals surface area contributed by atoms with Gasteiger partial charge in [-0.25, -0.2) is 0 Å². The van der Waals surface area contributed by atoms with Crippen LogP contribution in [0.2, 0.25) is 0 Å². The minimum Gasteiger partial charge on any atom is -0.508 e. The van der Waals surface area contributed by atoms with Crippen LogP contribution in [0.4, 0.5) is 0 Å². The first-order chi connectivity index (χ1) is 8.63. The van der Waals surface area contributed by atoms with Gasteiger partial charge >= 0.3 is 0 Å². The SMILES string of the molecule is NC(=O)Cc1ccc2c(c1)Cc1cc(O)ccc1-2. The maximum Gasteiger partial charge on any atom is 0.221 e. The molecule has 0 saturated carbocycles. The van der Waals surface area contributed by atoms with Gasteiger partial charge in [-0.1, -0.05) is 24.3 Å². The molecule has 0 aliphatic heterocycles. The molecule has 0 heterocycles. The van der Waals surface area contributed by atoms with Crippen molar-refractivity contribution in [2.75, 3.05) is 0 Å². The molecule has 3 heteroatoms. The molecule has 0 aromatic heterocycles. The molecule has 90 valence electrons. The summed E-state index contributed by atoms with van der Waals surface area (Å²) in [5.41, 5.74) is 10.8. The van der Waals surface area contributed by atoms with Crippen molar-refractivity contribution in [3.63, 3.8) is 0 Å². The molecule has 1 aliphatic rings. The largest absolute Gasteiger partial charge is 0.508 e. The van der Waals surface area contributed by atoms with E-state index >= 15 is 0 Å². The Hall–Kier alpha value is -2.29. The summed E-state index contributed by atoms with van der Waals surface area (Å²) < 4.78 is 0. The molecule has 3 N–H and O–H groups in total. The van der Waals surface area contributed by atoms with E-state index in [-0.39, 0.29) is 12.3 Å². The zero-order valence-corrected chi connectivity index (χ0v) is 9.81. The third kappa shape index (κ3) is 1.74. The van der Waals surface area contributed by atoms with Gasteiger partial charge in [-0.15, -0.1) is 0 Å². The van der Waals surface area contributed by atoms with Gasteiger partial charge < -0.3 is 10.8 Å². The number of hydrogen-bond donors (Lipinski definition) is 2. The summed E-state index contributed by atoms with van der Waals surface area (Å²) in [6, 6.07) is 11.4.